The molecule has 142 valence electrons. The van der Waals surface area contributed by atoms with Gasteiger partial charge in [-0.3, -0.25) is 0 Å². The van der Waals surface area contributed by atoms with E-state index in [4.69, 9.17) is 4.98 Å². The molecule has 0 fully saturated rings. The first-order chi connectivity index (χ1) is 14.2. The number of hydrogen-bond donors (Lipinski definition) is 2. The zero-order valence-electron chi connectivity index (χ0n) is 15.4. The molecule has 5 aromatic rings. The Labute approximate surface area is 170 Å². The van der Waals surface area contributed by atoms with Crippen LogP contribution in [0.3, 0.4) is 0 Å². The van der Waals surface area contributed by atoms with Crippen molar-refractivity contribution >= 4 is 22.4 Å². The highest BCUT2D eigenvalue weighted by atomic mass is 32.1. The normalized spacial score (nSPS) is 18.4. The lowest BCUT2D eigenvalue weighted by atomic mass is 9.90. The average Bonchev–Trinajstić information content (AvgIpc) is 3.53. The Hall–Kier alpha value is -3.29. The minimum Gasteiger partial charge on any atom is -0.377 e. The van der Waals surface area contributed by atoms with E-state index in [1.165, 1.54) is 0 Å². The van der Waals surface area contributed by atoms with Crippen LogP contribution in [0.4, 0.5) is 0 Å². The summed E-state index contributed by atoms with van der Waals surface area (Å²) in [6.45, 7) is 0.769. The van der Waals surface area contributed by atoms with Gasteiger partial charge >= 0.3 is 0 Å². The Morgan fingerprint density at radius 3 is 3.07 bits per heavy atom. The first-order valence-corrected chi connectivity index (χ1v) is 10.3. The summed E-state index contributed by atoms with van der Waals surface area (Å²) >= 11 is 1.61. The molecule has 0 saturated carbocycles. The van der Waals surface area contributed by atoms with Crippen LogP contribution in [0, 0.1) is 0 Å². The van der Waals surface area contributed by atoms with Gasteiger partial charge in [-0.15, -0.1) is 11.3 Å². The van der Waals surface area contributed by atoms with Crippen molar-refractivity contribution < 1.29 is 5.11 Å². The molecule has 29 heavy (non-hydrogen) atoms. The molecule has 1 aliphatic heterocycles. The van der Waals surface area contributed by atoms with Gasteiger partial charge in [0.1, 0.15) is 22.1 Å². The second-order valence-corrected chi connectivity index (χ2v) is 8.13. The molecule has 0 amide bonds. The number of aromatic nitrogens is 5. The van der Waals surface area contributed by atoms with E-state index in [0.29, 0.717) is 12.2 Å². The van der Waals surface area contributed by atoms with Crippen LogP contribution in [0.25, 0.3) is 32.9 Å². The van der Waals surface area contributed by atoms with Crippen molar-refractivity contribution in [2.24, 2.45) is 0 Å². The van der Waals surface area contributed by atoms with Gasteiger partial charge < -0.3 is 14.7 Å². The molecule has 6 rings (SSSR count). The number of thiazole rings is 1. The molecule has 2 N–H and O–H groups in total. The van der Waals surface area contributed by atoms with Crippen molar-refractivity contribution in [1.29, 1.82) is 0 Å². The fourth-order valence-corrected chi connectivity index (χ4v) is 4.98. The highest BCUT2D eigenvalue weighted by Crippen LogP contribution is 2.39. The number of benzene rings is 1. The van der Waals surface area contributed by atoms with Crippen LogP contribution >= 0.6 is 11.3 Å². The SMILES string of the molecule is O[C@@]1(c2cccc(-c3csc(-c4c[nH]c5ncccc45)n3)c2)CCn2ccnc21. The lowest BCUT2D eigenvalue weighted by Crippen LogP contribution is -2.25. The van der Waals surface area contributed by atoms with Crippen LogP contribution in [-0.4, -0.2) is 29.6 Å². The molecule has 1 aromatic carbocycles. The monoisotopic (exact) mass is 399 g/mol. The van der Waals surface area contributed by atoms with Gasteiger partial charge in [-0.05, 0) is 23.8 Å². The van der Waals surface area contributed by atoms with Crippen molar-refractivity contribution in [1.82, 2.24) is 24.5 Å². The van der Waals surface area contributed by atoms with E-state index in [1.807, 2.05) is 53.4 Å². The van der Waals surface area contributed by atoms with Gasteiger partial charge in [0.25, 0.3) is 0 Å². The van der Waals surface area contributed by atoms with Gasteiger partial charge in [0, 0.05) is 59.6 Å². The summed E-state index contributed by atoms with van der Waals surface area (Å²) in [6, 6.07) is 12.0. The molecular weight excluding hydrogens is 382 g/mol. The smallest absolute Gasteiger partial charge is 0.149 e. The maximum Gasteiger partial charge on any atom is 0.149 e. The molecule has 0 spiro atoms. The van der Waals surface area contributed by atoms with Crippen LogP contribution in [0.15, 0.2) is 66.6 Å². The number of fused-ring (bicyclic) bond motifs is 2. The molecule has 0 bridgehead atoms. The van der Waals surface area contributed by atoms with E-state index < -0.39 is 5.60 Å². The number of nitrogens with one attached hydrogen (secondary N) is 1. The first kappa shape index (κ1) is 16.6. The summed E-state index contributed by atoms with van der Waals surface area (Å²) in [4.78, 5) is 16.8. The zero-order chi connectivity index (χ0) is 19.4. The van der Waals surface area contributed by atoms with E-state index in [1.54, 1.807) is 23.7 Å². The number of imidazole rings is 1. The number of nitrogens with zero attached hydrogens (tertiary/aromatic N) is 4. The molecule has 7 heteroatoms. The van der Waals surface area contributed by atoms with Crippen molar-refractivity contribution in [3.63, 3.8) is 0 Å². The summed E-state index contributed by atoms with van der Waals surface area (Å²) in [5.74, 6) is 0.708. The number of hydrogen-bond acceptors (Lipinski definition) is 5. The van der Waals surface area contributed by atoms with Crippen LogP contribution in [0.2, 0.25) is 0 Å². The van der Waals surface area contributed by atoms with Crippen LogP contribution in [-0.2, 0) is 12.1 Å². The van der Waals surface area contributed by atoms with E-state index in [9.17, 15) is 5.11 Å². The van der Waals surface area contributed by atoms with Crippen LogP contribution < -0.4 is 0 Å². The number of H-pyrrole nitrogens is 1. The van der Waals surface area contributed by atoms with E-state index in [2.05, 4.69) is 20.3 Å². The molecule has 6 nitrogen and oxygen atoms in total. The quantitative estimate of drug-likeness (QED) is 0.477. The summed E-state index contributed by atoms with van der Waals surface area (Å²) in [6.07, 6.45) is 8.02. The van der Waals surface area contributed by atoms with Crippen molar-refractivity contribution in [3.05, 3.63) is 78.0 Å². The highest BCUT2D eigenvalue weighted by Gasteiger charge is 2.40. The standard InChI is InChI=1S/C22H17N5OS/c28-22(6-9-27-10-8-24-21(22)27)15-4-1-3-14(11-15)18-13-29-20(26-18)17-12-25-19-16(17)5-2-7-23-19/h1-5,7-8,10-13,28H,6,9H2,(H,23,25)/t22-/m1/s1. The Balaban J connectivity index is 1.40. The minimum absolute atomic E-state index is 0.629. The van der Waals surface area contributed by atoms with Gasteiger partial charge in [-0.1, -0.05) is 18.2 Å². The van der Waals surface area contributed by atoms with Gasteiger partial charge in [-0.25, -0.2) is 15.0 Å². The Morgan fingerprint density at radius 1 is 1.14 bits per heavy atom. The number of aromatic amines is 1. The fraction of sp³-hybridized carbons (Fsp3) is 0.136. The molecule has 1 atom stereocenters. The number of aryl methyl sites for hydroxylation is 1. The maximum atomic E-state index is 11.3. The molecule has 4 aromatic heterocycles. The maximum absolute atomic E-state index is 11.3. The van der Waals surface area contributed by atoms with E-state index in [0.717, 1.165) is 45.0 Å². The summed E-state index contributed by atoms with van der Waals surface area (Å²) in [7, 11) is 0. The first-order valence-electron chi connectivity index (χ1n) is 9.45. The molecule has 0 unspecified atom stereocenters. The van der Waals surface area contributed by atoms with Crippen LogP contribution in [0.5, 0.6) is 0 Å². The van der Waals surface area contributed by atoms with E-state index in [-0.39, 0.29) is 0 Å². The zero-order valence-corrected chi connectivity index (χ0v) is 16.2. The highest BCUT2D eigenvalue weighted by molar-refractivity contribution is 7.13. The van der Waals surface area contributed by atoms with Crippen molar-refractivity contribution in [3.8, 4) is 21.8 Å². The molecule has 0 aliphatic carbocycles. The van der Waals surface area contributed by atoms with Gasteiger partial charge in [0.15, 0.2) is 0 Å². The third-order valence-electron chi connectivity index (χ3n) is 5.62. The molecule has 0 saturated heterocycles. The number of aliphatic hydroxyl groups is 1. The Bertz CT molecular complexity index is 1350. The van der Waals surface area contributed by atoms with Crippen molar-refractivity contribution in [2.45, 2.75) is 18.6 Å². The molecule has 1 aliphatic rings. The number of rotatable bonds is 3. The molecule has 5 heterocycles. The minimum atomic E-state index is -1.05. The second kappa shape index (κ2) is 6.10. The Morgan fingerprint density at radius 2 is 2.10 bits per heavy atom. The lowest BCUT2D eigenvalue weighted by Gasteiger charge is -2.22. The predicted octanol–water partition coefficient (Wildman–Crippen LogP) is 4.19. The summed E-state index contributed by atoms with van der Waals surface area (Å²) < 4.78 is 2.01. The Kier molecular flexibility index (Phi) is 3.50. The largest absolute Gasteiger partial charge is 0.377 e. The second-order valence-electron chi connectivity index (χ2n) is 7.28. The van der Waals surface area contributed by atoms with Crippen molar-refractivity contribution in [2.75, 3.05) is 0 Å². The number of pyridine rings is 1. The summed E-state index contributed by atoms with van der Waals surface area (Å²) in [5.41, 5.74) is 3.60. The van der Waals surface area contributed by atoms with Gasteiger partial charge in [0.05, 0.1) is 5.69 Å². The topological polar surface area (TPSA) is 79.6 Å². The third kappa shape index (κ3) is 2.48. The summed E-state index contributed by atoms with van der Waals surface area (Å²) in [5, 5.41) is 15.4. The molecular formula is C22H17N5OS. The van der Waals surface area contributed by atoms with Gasteiger partial charge in [-0.2, -0.15) is 0 Å². The average molecular weight is 399 g/mol. The van der Waals surface area contributed by atoms with E-state index >= 15 is 0 Å². The lowest BCUT2D eigenvalue weighted by molar-refractivity contribution is 0.0786. The third-order valence-corrected chi connectivity index (χ3v) is 6.50. The van der Waals surface area contributed by atoms with Crippen LogP contribution in [0.1, 0.15) is 17.8 Å². The predicted molar refractivity (Wildman–Crippen MR) is 112 cm³/mol. The molecule has 0 radical (unpaired) electrons. The van der Waals surface area contributed by atoms with Gasteiger partial charge in [0.2, 0.25) is 0 Å². The fourth-order valence-electron chi connectivity index (χ4n) is 4.12.